The molecule has 0 aliphatic rings. The predicted molar refractivity (Wildman–Crippen MR) is 74.6 cm³/mol. The molecule has 0 fully saturated rings. The molecule has 1 aromatic rings. The first-order valence-corrected chi connectivity index (χ1v) is 6.93. The lowest BCUT2D eigenvalue weighted by molar-refractivity contribution is 0.0389. The zero-order chi connectivity index (χ0) is 13.9. The van der Waals surface area contributed by atoms with Crippen molar-refractivity contribution in [1.82, 2.24) is 0 Å². The van der Waals surface area contributed by atoms with Gasteiger partial charge >= 0.3 is 5.97 Å². The van der Waals surface area contributed by atoms with Crippen molar-refractivity contribution in [2.75, 3.05) is 0 Å². The van der Waals surface area contributed by atoms with E-state index in [1.165, 1.54) is 19.3 Å². The molecule has 1 rings (SSSR count). The maximum atomic E-state index is 11.8. The number of esters is 1. The normalized spacial score (nSPS) is 11.6. The largest absolute Gasteiger partial charge is 0.443 e. The summed E-state index contributed by atoms with van der Waals surface area (Å²) in [4.78, 5) is 11.8. The monoisotopic (exact) mass is 259 g/mol. The molecule has 0 radical (unpaired) electrons. The Balaban J connectivity index is 2.32. The average Bonchev–Trinajstić information content (AvgIpc) is 2.46. The molecule has 0 spiro atoms. The fourth-order valence-corrected chi connectivity index (χ4v) is 1.85. The molecule has 0 aliphatic carbocycles. The van der Waals surface area contributed by atoms with Crippen LogP contribution in [0.5, 0.6) is 0 Å². The molecule has 0 saturated carbocycles. The summed E-state index contributed by atoms with van der Waals surface area (Å²) in [6.07, 6.45) is 5.62. The Morgan fingerprint density at radius 3 is 2.53 bits per heavy atom. The molecular weight excluding hydrogens is 238 g/mol. The maximum absolute atomic E-state index is 11.8. The Morgan fingerprint density at radius 2 is 1.89 bits per heavy atom. The first-order valence-electron chi connectivity index (χ1n) is 6.93. The number of nitriles is 1. The second-order valence-electron chi connectivity index (χ2n) is 4.59. The van der Waals surface area contributed by atoms with Gasteiger partial charge in [-0.15, -0.1) is 0 Å². The van der Waals surface area contributed by atoms with Gasteiger partial charge in [0.05, 0.1) is 5.56 Å². The minimum Gasteiger partial charge on any atom is -0.443 e. The first kappa shape index (κ1) is 15.2. The van der Waals surface area contributed by atoms with E-state index in [0.717, 1.165) is 12.8 Å². The van der Waals surface area contributed by atoms with Gasteiger partial charge in [0.2, 0.25) is 0 Å². The van der Waals surface area contributed by atoms with Crippen LogP contribution in [-0.4, -0.2) is 12.1 Å². The van der Waals surface area contributed by atoms with Crippen LogP contribution in [0.3, 0.4) is 0 Å². The first-order chi connectivity index (χ1) is 9.27. The second kappa shape index (κ2) is 9.16. The fourth-order valence-electron chi connectivity index (χ4n) is 1.85. The highest BCUT2D eigenvalue weighted by molar-refractivity contribution is 5.89. The zero-order valence-electron chi connectivity index (χ0n) is 11.5. The Bertz CT molecular complexity index is 409. The van der Waals surface area contributed by atoms with Crippen molar-refractivity contribution in [2.24, 2.45) is 0 Å². The van der Waals surface area contributed by atoms with Gasteiger partial charge in [0, 0.05) is 0 Å². The van der Waals surface area contributed by atoms with Gasteiger partial charge in [-0.05, 0) is 25.0 Å². The van der Waals surface area contributed by atoms with Gasteiger partial charge in [0.25, 0.3) is 0 Å². The van der Waals surface area contributed by atoms with Crippen molar-refractivity contribution in [1.29, 1.82) is 5.26 Å². The molecule has 1 atom stereocenters. The molecule has 0 amide bonds. The number of hydrogen-bond acceptors (Lipinski definition) is 3. The molecule has 19 heavy (non-hydrogen) atoms. The Labute approximate surface area is 115 Å². The predicted octanol–water partition coefficient (Wildman–Crippen LogP) is 4.10. The Hall–Kier alpha value is -1.82. The summed E-state index contributed by atoms with van der Waals surface area (Å²) in [5.74, 6) is -0.416. The molecular formula is C16H21NO2. The molecule has 0 N–H and O–H groups in total. The van der Waals surface area contributed by atoms with Gasteiger partial charge in [-0.25, -0.2) is 4.79 Å². The second-order valence-corrected chi connectivity index (χ2v) is 4.59. The molecule has 0 heterocycles. The van der Waals surface area contributed by atoms with Crippen molar-refractivity contribution in [2.45, 2.75) is 51.6 Å². The van der Waals surface area contributed by atoms with E-state index < -0.39 is 12.1 Å². The van der Waals surface area contributed by atoms with Crippen molar-refractivity contribution in [3.8, 4) is 6.07 Å². The number of rotatable bonds is 8. The number of benzene rings is 1. The molecule has 3 heteroatoms. The van der Waals surface area contributed by atoms with Crippen LogP contribution in [0.25, 0.3) is 0 Å². The van der Waals surface area contributed by atoms with Crippen LogP contribution < -0.4 is 0 Å². The number of hydrogen-bond donors (Lipinski definition) is 0. The van der Waals surface area contributed by atoms with Gasteiger partial charge in [-0.2, -0.15) is 5.26 Å². The van der Waals surface area contributed by atoms with Crippen LogP contribution in [0, 0.1) is 11.3 Å². The van der Waals surface area contributed by atoms with E-state index in [9.17, 15) is 4.79 Å². The molecule has 3 nitrogen and oxygen atoms in total. The van der Waals surface area contributed by atoms with Gasteiger partial charge < -0.3 is 4.74 Å². The number of carbonyl (C=O) groups excluding carboxylic acids is 1. The van der Waals surface area contributed by atoms with Crippen molar-refractivity contribution < 1.29 is 9.53 Å². The van der Waals surface area contributed by atoms with Gasteiger partial charge in [-0.1, -0.05) is 50.8 Å². The third kappa shape index (κ3) is 6.05. The number of carbonyl (C=O) groups is 1. The highest BCUT2D eigenvalue weighted by Crippen LogP contribution is 2.11. The maximum Gasteiger partial charge on any atom is 0.339 e. The minimum atomic E-state index is -0.630. The summed E-state index contributed by atoms with van der Waals surface area (Å²) < 4.78 is 5.19. The van der Waals surface area contributed by atoms with E-state index in [0.29, 0.717) is 12.0 Å². The zero-order valence-corrected chi connectivity index (χ0v) is 11.5. The van der Waals surface area contributed by atoms with Crippen LogP contribution in [0.15, 0.2) is 30.3 Å². The Morgan fingerprint density at radius 1 is 1.21 bits per heavy atom. The molecule has 0 bridgehead atoms. The lowest BCUT2D eigenvalue weighted by Crippen LogP contribution is -2.16. The van der Waals surface area contributed by atoms with Crippen molar-refractivity contribution in [3.05, 3.63) is 35.9 Å². The fraction of sp³-hybridized carbons (Fsp3) is 0.500. The Kier molecular flexibility index (Phi) is 7.34. The van der Waals surface area contributed by atoms with Crippen LogP contribution >= 0.6 is 0 Å². The molecule has 102 valence electrons. The standard InChI is InChI=1S/C16H21NO2/c1-2-3-4-5-9-12-15(13-17)19-16(18)14-10-7-6-8-11-14/h6-8,10-11,15H,2-5,9,12H2,1H3/t15-/m0/s1. The van der Waals surface area contributed by atoms with E-state index in [2.05, 4.69) is 13.0 Å². The quantitative estimate of drug-likeness (QED) is 0.521. The topological polar surface area (TPSA) is 50.1 Å². The lowest BCUT2D eigenvalue weighted by atomic mass is 10.1. The molecule has 0 aromatic heterocycles. The van der Waals surface area contributed by atoms with Gasteiger partial charge in [-0.3, -0.25) is 0 Å². The van der Waals surface area contributed by atoms with Gasteiger partial charge in [0.1, 0.15) is 6.07 Å². The summed E-state index contributed by atoms with van der Waals surface area (Å²) in [5, 5.41) is 9.00. The number of ether oxygens (including phenoxy) is 1. The number of nitrogens with zero attached hydrogens (tertiary/aromatic N) is 1. The van der Waals surface area contributed by atoms with Crippen molar-refractivity contribution in [3.63, 3.8) is 0 Å². The van der Waals surface area contributed by atoms with E-state index in [4.69, 9.17) is 10.00 Å². The summed E-state index contributed by atoms with van der Waals surface area (Å²) in [6.45, 7) is 2.17. The van der Waals surface area contributed by atoms with Gasteiger partial charge in [0.15, 0.2) is 6.10 Å². The van der Waals surface area contributed by atoms with Crippen molar-refractivity contribution >= 4 is 5.97 Å². The smallest absolute Gasteiger partial charge is 0.339 e. The SMILES string of the molecule is CCCCCCC[C@@H](C#N)OC(=O)c1ccccc1. The molecule has 0 saturated heterocycles. The van der Waals surface area contributed by atoms with E-state index in [1.54, 1.807) is 24.3 Å². The highest BCUT2D eigenvalue weighted by atomic mass is 16.5. The summed E-state index contributed by atoms with van der Waals surface area (Å²) in [6, 6.07) is 10.8. The summed E-state index contributed by atoms with van der Waals surface area (Å²) in [7, 11) is 0. The van der Waals surface area contributed by atoms with Crippen LogP contribution in [0.4, 0.5) is 0 Å². The van der Waals surface area contributed by atoms with E-state index in [1.807, 2.05) is 6.07 Å². The van der Waals surface area contributed by atoms with Crippen LogP contribution in [-0.2, 0) is 4.74 Å². The molecule has 1 aromatic carbocycles. The average molecular weight is 259 g/mol. The van der Waals surface area contributed by atoms with E-state index >= 15 is 0 Å². The highest BCUT2D eigenvalue weighted by Gasteiger charge is 2.14. The number of unbranched alkanes of at least 4 members (excludes halogenated alkanes) is 4. The lowest BCUT2D eigenvalue weighted by Gasteiger charge is -2.10. The summed E-state index contributed by atoms with van der Waals surface area (Å²) in [5.41, 5.74) is 0.494. The van der Waals surface area contributed by atoms with Crippen LogP contribution in [0.1, 0.15) is 55.8 Å². The van der Waals surface area contributed by atoms with Crippen LogP contribution in [0.2, 0.25) is 0 Å². The third-order valence-corrected chi connectivity index (χ3v) is 2.97. The van der Waals surface area contributed by atoms with E-state index in [-0.39, 0.29) is 0 Å². The third-order valence-electron chi connectivity index (χ3n) is 2.97. The molecule has 0 aliphatic heterocycles. The minimum absolute atomic E-state index is 0.416. The summed E-state index contributed by atoms with van der Waals surface area (Å²) >= 11 is 0. The molecule has 0 unspecified atom stereocenters.